The van der Waals surface area contributed by atoms with E-state index >= 15 is 0 Å². The largest absolute Gasteiger partial charge is 0.389 e. The molecule has 0 aliphatic heterocycles. The zero-order valence-corrected chi connectivity index (χ0v) is 7.56. The molecule has 1 rings (SSSR count). The lowest BCUT2D eigenvalue weighted by Gasteiger charge is -2.12. The van der Waals surface area contributed by atoms with Crippen LogP contribution in [0.5, 0.6) is 0 Å². The molecule has 1 atom stereocenters. The Labute approximate surface area is 71.9 Å². The van der Waals surface area contributed by atoms with Crippen molar-refractivity contribution < 1.29 is 9.50 Å². The predicted molar refractivity (Wildman–Crippen MR) is 46.5 cm³/mol. The molecule has 0 bridgehead atoms. The van der Waals surface area contributed by atoms with Gasteiger partial charge in [0.2, 0.25) is 0 Å². The van der Waals surface area contributed by atoms with Crippen LogP contribution in [0.15, 0.2) is 12.1 Å². The lowest BCUT2D eigenvalue weighted by Crippen LogP contribution is -1.99. The van der Waals surface area contributed by atoms with Gasteiger partial charge in [-0.3, -0.25) is 0 Å². The van der Waals surface area contributed by atoms with Crippen LogP contribution in [0.2, 0.25) is 0 Å². The Hall–Kier alpha value is -0.890. The van der Waals surface area contributed by atoms with E-state index in [-0.39, 0.29) is 5.82 Å². The van der Waals surface area contributed by atoms with Crippen molar-refractivity contribution in [3.05, 3.63) is 34.6 Å². The third kappa shape index (κ3) is 1.64. The SMILES string of the molecule is Cc1cc(F)cc(C)c1C(C)O. The fraction of sp³-hybridized carbons (Fsp3) is 0.400. The average Bonchev–Trinajstić information content (AvgIpc) is 1.82. The highest BCUT2D eigenvalue weighted by Crippen LogP contribution is 2.22. The Balaban J connectivity index is 3.28. The third-order valence-electron chi connectivity index (χ3n) is 1.98. The van der Waals surface area contributed by atoms with Gasteiger partial charge in [0.15, 0.2) is 0 Å². The van der Waals surface area contributed by atoms with Crippen molar-refractivity contribution in [3.8, 4) is 0 Å². The molecule has 0 spiro atoms. The van der Waals surface area contributed by atoms with E-state index < -0.39 is 6.10 Å². The summed E-state index contributed by atoms with van der Waals surface area (Å²) in [5.74, 6) is -0.241. The smallest absolute Gasteiger partial charge is 0.123 e. The predicted octanol–water partition coefficient (Wildman–Crippen LogP) is 2.50. The molecule has 1 unspecified atom stereocenters. The van der Waals surface area contributed by atoms with Gasteiger partial charge in [-0.1, -0.05) is 0 Å². The second-order valence-corrected chi connectivity index (χ2v) is 3.13. The fourth-order valence-electron chi connectivity index (χ4n) is 1.58. The van der Waals surface area contributed by atoms with E-state index in [2.05, 4.69) is 0 Å². The molecule has 0 heterocycles. The van der Waals surface area contributed by atoms with Gasteiger partial charge in [-0.05, 0) is 49.6 Å². The highest BCUT2D eigenvalue weighted by Gasteiger charge is 2.09. The monoisotopic (exact) mass is 168 g/mol. The minimum Gasteiger partial charge on any atom is -0.389 e. The van der Waals surface area contributed by atoms with Crippen molar-refractivity contribution in [1.82, 2.24) is 0 Å². The Bertz CT molecular complexity index is 269. The molecular formula is C10H13FO. The number of hydrogen-bond acceptors (Lipinski definition) is 1. The van der Waals surface area contributed by atoms with Crippen LogP contribution in [0.3, 0.4) is 0 Å². The quantitative estimate of drug-likeness (QED) is 0.683. The summed E-state index contributed by atoms with van der Waals surface area (Å²) in [6.45, 7) is 5.30. The molecule has 1 aromatic rings. The molecule has 0 aromatic heterocycles. The molecule has 1 N–H and O–H groups in total. The first-order valence-corrected chi connectivity index (χ1v) is 3.97. The molecule has 0 saturated heterocycles. The number of halogens is 1. The Kier molecular flexibility index (Phi) is 2.48. The number of aryl methyl sites for hydroxylation is 2. The lowest BCUT2D eigenvalue weighted by molar-refractivity contribution is 0.197. The highest BCUT2D eigenvalue weighted by atomic mass is 19.1. The molecule has 1 aromatic carbocycles. The van der Waals surface area contributed by atoms with Gasteiger partial charge in [0.05, 0.1) is 6.10 Å². The molecule has 12 heavy (non-hydrogen) atoms. The van der Waals surface area contributed by atoms with Crippen molar-refractivity contribution in [2.45, 2.75) is 26.9 Å². The standard InChI is InChI=1S/C10H13FO/c1-6-4-9(11)5-7(2)10(6)8(3)12/h4-5,8,12H,1-3H3. The number of benzene rings is 1. The van der Waals surface area contributed by atoms with E-state index in [4.69, 9.17) is 0 Å². The molecule has 0 amide bonds. The van der Waals surface area contributed by atoms with Crippen LogP contribution in [-0.4, -0.2) is 5.11 Å². The summed E-state index contributed by atoms with van der Waals surface area (Å²) in [5.41, 5.74) is 2.45. The van der Waals surface area contributed by atoms with Crippen molar-refractivity contribution in [2.75, 3.05) is 0 Å². The van der Waals surface area contributed by atoms with Crippen LogP contribution >= 0.6 is 0 Å². The highest BCUT2D eigenvalue weighted by molar-refractivity contribution is 5.35. The van der Waals surface area contributed by atoms with E-state index in [1.54, 1.807) is 20.8 Å². The van der Waals surface area contributed by atoms with E-state index in [0.29, 0.717) is 0 Å². The minimum absolute atomic E-state index is 0.241. The van der Waals surface area contributed by atoms with Crippen molar-refractivity contribution in [2.24, 2.45) is 0 Å². The topological polar surface area (TPSA) is 20.2 Å². The van der Waals surface area contributed by atoms with Gasteiger partial charge in [0.1, 0.15) is 5.82 Å². The average molecular weight is 168 g/mol. The maximum atomic E-state index is 12.8. The van der Waals surface area contributed by atoms with Crippen LogP contribution in [0.1, 0.15) is 29.7 Å². The Morgan fingerprint density at radius 1 is 1.25 bits per heavy atom. The Morgan fingerprint density at radius 2 is 1.67 bits per heavy atom. The first-order chi connectivity index (χ1) is 5.52. The third-order valence-corrected chi connectivity index (χ3v) is 1.98. The summed E-state index contributed by atoms with van der Waals surface area (Å²) < 4.78 is 12.8. The van der Waals surface area contributed by atoms with Crippen LogP contribution in [0, 0.1) is 19.7 Å². The van der Waals surface area contributed by atoms with Crippen LogP contribution in [0.4, 0.5) is 4.39 Å². The summed E-state index contributed by atoms with van der Waals surface area (Å²) >= 11 is 0. The minimum atomic E-state index is -0.523. The molecule has 0 fully saturated rings. The van der Waals surface area contributed by atoms with Gasteiger partial charge in [0.25, 0.3) is 0 Å². The van der Waals surface area contributed by atoms with Gasteiger partial charge in [-0.2, -0.15) is 0 Å². The maximum Gasteiger partial charge on any atom is 0.123 e. The van der Waals surface area contributed by atoms with Gasteiger partial charge in [-0.15, -0.1) is 0 Å². The van der Waals surface area contributed by atoms with Gasteiger partial charge in [0, 0.05) is 0 Å². The Morgan fingerprint density at radius 3 is 2.00 bits per heavy atom. The summed E-state index contributed by atoms with van der Waals surface area (Å²) in [6, 6.07) is 2.88. The molecule has 0 aliphatic carbocycles. The van der Waals surface area contributed by atoms with Crippen LogP contribution < -0.4 is 0 Å². The van der Waals surface area contributed by atoms with Crippen LogP contribution in [-0.2, 0) is 0 Å². The van der Waals surface area contributed by atoms with Gasteiger partial charge in [-0.25, -0.2) is 4.39 Å². The molecule has 1 nitrogen and oxygen atoms in total. The second kappa shape index (κ2) is 3.23. The van der Waals surface area contributed by atoms with Crippen molar-refractivity contribution >= 4 is 0 Å². The molecule has 66 valence electrons. The number of rotatable bonds is 1. The van der Waals surface area contributed by atoms with E-state index in [9.17, 15) is 9.50 Å². The zero-order valence-electron chi connectivity index (χ0n) is 7.56. The van der Waals surface area contributed by atoms with Crippen LogP contribution in [0.25, 0.3) is 0 Å². The van der Waals surface area contributed by atoms with Crippen molar-refractivity contribution in [3.63, 3.8) is 0 Å². The molecule has 0 radical (unpaired) electrons. The first-order valence-electron chi connectivity index (χ1n) is 3.97. The van der Waals surface area contributed by atoms with Gasteiger partial charge >= 0.3 is 0 Å². The van der Waals surface area contributed by atoms with Crippen molar-refractivity contribution in [1.29, 1.82) is 0 Å². The van der Waals surface area contributed by atoms with Gasteiger partial charge < -0.3 is 5.11 Å². The maximum absolute atomic E-state index is 12.8. The zero-order chi connectivity index (χ0) is 9.30. The normalized spacial score (nSPS) is 13.1. The summed E-state index contributed by atoms with van der Waals surface area (Å²) in [6.07, 6.45) is -0.523. The number of aliphatic hydroxyl groups excluding tert-OH is 1. The molecule has 0 aliphatic rings. The first kappa shape index (κ1) is 9.20. The number of hydrogen-bond donors (Lipinski definition) is 1. The fourth-order valence-corrected chi connectivity index (χ4v) is 1.58. The molecular weight excluding hydrogens is 155 g/mol. The lowest BCUT2D eigenvalue weighted by atomic mass is 9.99. The van der Waals surface area contributed by atoms with E-state index in [1.165, 1.54) is 12.1 Å². The summed E-state index contributed by atoms with van der Waals surface area (Å²) in [5, 5.41) is 9.35. The summed E-state index contributed by atoms with van der Waals surface area (Å²) in [7, 11) is 0. The molecule has 2 heteroatoms. The molecule has 0 saturated carbocycles. The van der Waals surface area contributed by atoms with E-state index in [1.807, 2.05) is 0 Å². The number of aliphatic hydroxyl groups is 1. The van der Waals surface area contributed by atoms with E-state index in [0.717, 1.165) is 16.7 Å². The summed E-state index contributed by atoms with van der Waals surface area (Å²) in [4.78, 5) is 0. The second-order valence-electron chi connectivity index (χ2n) is 3.13.